The summed E-state index contributed by atoms with van der Waals surface area (Å²) in [5.41, 5.74) is 5.06. The molecule has 1 aromatic carbocycles. The number of amides is 2. The van der Waals surface area contributed by atoms with Crippen LogP contribution < -0.4 is 10.2 Å². The number of aryl methyl sites for hydroxylation is 2. The predicted octanol–water partition coefficient (Wildman–Crippen LogP) is 3.43. The number of carbonyl (C=O) groups excluding carboxylic acids is 2. The average molecular weight is 496 g/mol. The van der Waals surface area contributed by atoms with E-state index in [1.807, 2.05) is 43.9 Å². The summed E-state index contributed by atoms with van der Waals surface area (Å²) in [7, 11) is 0. The van der Waals surface area contributed by atoms with Crippen molar-refractivity contribution in [2.75, 3.05) is 11.4 Å². The molecule has 1 N–H and O–H groups in total. The Balaban J connectivity index is 1.08. The Morgan fingerprint density at radius 1 is 1.22 bits per heavy atom. The molecule has 2 amide bonds. The van der Waals surface area contributed by atoms with Gasteiger partial charge in [-0.2, -0.15) is 5.26 Å². The fourth-order valence-electron chi connectivity index (χ4n) is 5.66. The van der Waals surface area contributed by atoms with Gasteiger partial charge in [0.1, 0.15) is 5.82 Å². The zero-order chi connectivity index (χ0) is 25.8. The minimum absolute atomic E-state index is 0.0471. The Labute approximate surface area is 215 Å². The Bertz CT molecular complexity index is 1450. The molecule has 3 aliphatic rings. The summed E-state index contributed by atoms with van der Waals surface area (Å²) in [6.07, 6.45) is 6.05. The second-order valence-corrected chi connectivity index (χ2v) is 10.8. The molecule has 3 heterocycles. The highest BCUT2D eigenvalue weighted by Gasteiger charge is 2.53. The molecule has 1 saturated heterocycles. The van der Waals surface area contributed by atoms with Crippen LogP contribution in [0, 0.1) is 37.0 Å². The van der Waals surface area contributed by atoms with Gasteiger partial charge in [-0.1, -0.05) is 22.9 Å². The monoisotopic (exact) mass is 495 g/mol. The minimum atomic E-state index is -0.248. The van der Waals surface area contributed by atoms with Crippen molar-refractivity contribution in [2.45, 2.75) is 58.0 Å². The third-order valence-corrected chi connectivity index (χ3v) is 8.11. The fraction of sp³-hybridized carbons (Fsp3) is 0.429. The molecular weight excluding hydrogens is 466 g/mol. The van der Waals surface area contributed by atoms with Crippen molar-refractivity contribution >= 4 is 17.6 Å². The van der Waals surface area contributed by atoms with Crippen molar-refractivity contribution in [3.8, 4) is 6.07 Å². The van der Waals surface area contributed by atoms with E-state index in [0.29, 0.717) is 11.5 Å². The first-order valence-electron chi connectivity index (χ1n) is 12.8. The Kier molecular flexibility index (Phi) is 5.55. The molecule has 2 saturated carbocycles. The van der Waals surface area contributed by atoms with E-state index in [1.54, 1.807) is 17.1 Å². The number of nitrogens with zero attached hydrogens (tertiary/aromatic N) is 6. The molecule has 6 rings (SSSR count). The van der Waals surface area contributed by atoms with E-state index in [2.05, 4.69) is 32.7 Å². The Hall–Kier alpha value is -4.06. The number of anilines is 1. The zero-order valence-electron chi connectivity index (χ0n) is 21.2. The van der Waals surface area contributed by atoms with E-state index in [-0.39, 0.29) is 41.4 Å². The molecule has 188 valence electrons. The van der Waals surface area contributed by atoms with Gasteiger partial charge in [0, 0.05) is 24.7 Å². The third kappa shape index (κ3) is 4.16. The number of hydrogen-bond donors (Lipinski definition) is 1. The first-order chi connectivity index (χ1) is 17.8. The highest BCUT2D eigenvalue weighted by molar-refractivity contribution is 5.99. The van der Waals surface area contributed by atoms with Gasteiger partial charge in [0.2, 0.25) is 5.91 Å². The summed E-state index contributed by atoms with van der Waals surface area (Å²) in [6, 6.07) is 10.1. The van der Waals surface area contributed by atoms with Gasteiger partial charge in [0.15, 0.2) is 5.69 Å². The zero-order valence-corrected chi connectivity index (χ0v) is 21.2. The van der Waals surface area contributed by atoms with Crippen molar-refractivity contribution in [2.24, 2.45) is 11.8 Å². The molecule has 2 aromatic heterocycles. The molecular formula is C28H29N7O2. The lowest BCUT2D eigenvalue weighted by Gasteiger charge is -2.36. The topological polar surface area (TPSA) is 117 Å². The summed E-state index contributed by atoms with van der Waals surface area (Å²) in [5.74, 6) is 1.64. The van der Waals surface area contributed by atoms with Crippen molar-refractivity contribution < 1.29 is 9.59 Å². The standard InChI is InChI=1S/C28H29N7O2/c1-15-4-5-18(11-29)23(6-15)19-8-22(9-19)31-27(36)25-14-35(33-32-25)17(3)20-7-16(2)26(30-12-20)34-13-21-10-24(21)28(34)37/h4-7,12,14,17,19,21-22,24H,8-10,13H2,1-3H3,(H,31,36)/t17-,19?,21+,22?,24+/m0/s1. The Morgan fingerprint density at radius 2 is 2.03 bits per heavy atom. The van der Waals surface area contributed by atoms with Crippen LogP contribution in [-0.4, -0.2) is 44.4 Å². The van der Waals surface area contributed by atoms with Crippen LogP contribution in [0.1, 0.15) is 76.5 Å². The fourth-order valence-corrected chi connectivity index (χ4v) is 5.66. The molecule has 0 spiro atoms. The number of piperidine rings is 1. The van der Waals surface area contributed by atoms with Crippen LogP contribution in [0.5, 0.6) is 0 Å². The van der Waals surface area contributed by atoms with Crippen LogP contribution in [0.15, 0.2) is 36.7 Å². The largest absolute Gasteiger partial charge is 0.348 e. The molecule has 3 fully saturated rings. The molecule has 37 heavy (non-hydrogen) atoms. The number of rotatable bonds is 6. The number of carbonyl (C=O) groups is 2. The number of hydrogen-bond acceptors (Lipinski definition) is 6. The minimum Gasteiger partial charge on any atom is -0.348 e. The van der Waals surface area contributed by atoms with E-state index < -0.39 is 0 Å². The number of pyridine rings is 1. The second kappa shape index (κ2) is 8.80. The lowest BCUT2D eigenvalue weighted by Crippen LogP contribution is -2.43. The van der Waals surface area contributed by atoms with E-state index in [1.165, 1.54) is 0 Å². The summed E-state index contributed by atoms with van der Waals surface area (Å²) in [4.78, 5) is 31.7. The average Bonchev–Trinajstić information content (AvgIpc) is 3.32. The number of nitrogens with one attached hydrogen (secondary N) is 1. The van der Waals surface area contributed by atoms with Gasteiger partial charge in [0.05, 0.1) is 23.9 Å². The normalized spacial score (nSPS) is 24.7. The van der Waals surface area contributed by atoms with Gasteiger partial charge in [-0.15, -0.1) is 5.10 Å². The molecule has 0 bridgehead atoms. The van der Waals surface area contributed by atoms with Crippen LogP contribution in [0.25, 0.3) is 0 Å². The Morgan fingerprint density at radius 3 is 2.73 bits per heavy atom. The first kappa shape index (κ1) is 23.3. The third-order valence-electron chi connectivity index (χ3n) is 8.11. The van der Waals surface area contributed by atoms with Gasteiger partial charge < -0.3 is 5.32 Å². The summed E-state index contributed by atoms with van der Waals surface area (Å²) < 4.78 is 1.66. The van der Waals surface area contributed by atoms with Gasteiger partial charge in [-0.25, -0.2) is 9.67 Å². The lowest BCUT2D eigenvalue weighted by molar-refractivity contribution is -0.118. The summed E-state index contributed by atoms with van der Waals surface area (Å²) >= 11 is 0. The van der Waals surface area contributed by atoms with Crippen LogP contribution in [0.2, 0.25) is 0 Å². The van der Waals surface area contributed by atoms with Crippen LogP contribution in [-0.2, 0) is 4.79 Å². The van der Waals surface area contributed by atoms with Gasteiger partial charge >= 0.3 is 0 Å². The molecule has 0 unspecified atom stereocenters. The van der Waals surface area contributed by atoms with E-state index in [0.717, 1.165) is 53.9 Å². The SMILES string of the molecule is Cc1ccc(C#N)c(C2CC(NC(=O)c3cn([C@@H](C)c4cnc(N5C[C@H]6C[C@H]6C5=O)c(C)c4)nn3)C2)c1. The van der Waals surface area contributed by atoms with E-state index in [4.69, 9.17) is 0 Å². The summed E-state index contributed by atoms with van der Waals surface area (Å²) in [6.45, 7) is 6.74. The van der Waals surface area contributed by atoms with E-state index >= 15 is 0 Å². The van der Waals surface area contributed by atoms with Crippen molar-refractivity contribution in [1.29, 1.82) is 5.26 Å². The van der Waals surface area contributed by atoms with Crippen LogP contribution in [0.3, 0.4) is 0 Å². The first-order valence-corrected chi connectivity index (χ1v) is 12.8. The quantitative estimate of drug-likeness (QED) is 0.560. The second-order valence-electron chi connectivity index (χ2n) is 10.8. The smallest absolute Gasteiger partial charge is 0.273 e. The number of fused-ring (bicyclic) bond motifs is 1. The van der Waals surface area contributed by atoms with Crippen LogP contribution >= 0.6 is 0 Å². The number of benzene rings is 1. The molecule has 0 radical (unpaired) electrons. The number of nitriles is 1. The highest BCUT2D eigenvalue weighted by atomic mass is 16.2. The maximum atomic E-state index is 12.8. The molecule has 3 aromatic rings. The number of aromatic nitrogens is 4. The van der Waals surface area contributed by atoms with Gasteiger partial charge in [-0.05, 0) is 80.7 Å². The van der Waals surface area contributed by atoms with Crippen LogP contribution in [0.4, 0.5) is 5.82 Å². The molecule has 2 aliphatic carbocycles. The maximum Gasteiger partial charge on any atom is 0.273 e. The van der Waals surface area contributed by atoms with Gasteiger partial charge in [0.25, 0.3) is 5.91 Å². The molecule has 9 heteroatoms. The highest BCUT2D eigenvalue weighted by Crippen LogP contribution is 2.47. The van der Waals surface area contributed by atoms with Crippen molar-refractivity contribution in [1.82, 2.24) is 25.3 Å². The van der Waals surface area contributed by atoms with E-state index in [9.17, 15) is 14.9 Å². The molecule has 3 atom stereocenters. The predicted molar refractivity (Wildman–Crippen MR) is 136 cm³/mol. The lowest BCUT2D eigenvalue weighted by atomic mass is 9.74. The van der Waals surface area contributed by atoms with Crippen molar-refractivity contribution in [3.05, 3.63) is 70.2 Å². The van der Waals surface area contributed by atoms with Gasteiger partial charge in [-0.3, -0.25) is 14.5 Å². The molecule has 9 nitrogen and oxygen atoms in total. The summed E-state index contributed by atoms with van der Waals surface area (Å²) in [5, 5.41) is 20.8. The molecule has 1 aliphatic heterocycles. The maximum absolute atomic E-state index is 12.8. The van der Waals surface area contributed by atoms with Crippen molar-refractivity contribution in [3.63, 3.8) is 0 Å².